The molecule has 2 fully saturated rings. The number of carbonyl (C=O) groups is 1. The van der Waals surface area contributed by atoms with Gasteiger partial charge in [0, 0.05) is 32.1 Å². The van der Waals surface area contributed by atoms with Crippen molar-refractivity contribution in [3.05, 3.63) is 15.9 Å². The van der Waals surface area contributed by atoms with Crippen LogP contribution in [0.15, 0.2) is 20.1 Å². The number of amides is 1. The molecule has 1 aromatic rings. The van der Waals surface area contributed by atoms with Crippen LogP contribution in [-0.2, 0) is 14.8 Å². The van der Waals surface area contributed by atoms with E-state index in [-0.39, 0.29) is 17.7 Å². The summed E-state index contributed by atoms with van der Waals surface area (Å²) in [5, 5.41) is 3.06. The minimum absolute atomic E-state index is 0.0793. The van der Waals surface area contributed by atoms with Crippen LogP contribution in [0.25, 0.3) is 0 Å². The van der Waals surface area contributed by atoms with Gasteiger partial charge in [0.15, 0.2) is 0 Å². The van der Waals surface area contributed by atoms with Crippen molar-refractivity contribution in [1.29, 1.82) is 0 Å². The van der Waals surface area contributed by atoms with Crippen LogP contribution < -0.4 is 5.32 Å². The van der Waals surface area contributed by atoms with Gasteiger partial charge in [0.1, 0.15) is 4.21 Å². The molecule has 0 spiro atoms. The molecule has 0 radical (unpaired) electrons. The molecule has 1 atom stereocenters. The third-order valence-electron chi connectivity index (χ3n) is 5.69. The number of thiophene rings is 1. The van der Waals surface area contributed by atoms with E-state index in [1.54, 1.807) is 16.4 Å². The van der Waals surface area contributed by atoms with Gasteiger partial charge in [0.2, 0.25) is 5.91 Å². The highest BCUT2D eigenvalue weighted by atomic mass is 79.9. The second-order valence-corrected chi connectivity index (χ2v) is 12.1. The Morgan fingerprint density at radius 2 is 1.93 bits per heavy atom. The fourth-order valence-electron chi connectivity index (χ4n) is 3.90. The van der Waals surface area contributed by atoms with Gasteiger partial charge in [-0.05, 0) is 72.8 Å². The molecule has 0 unspecified atom stereocenters. The third kappa shape index (κ3) is 5.32. The van der Waals surface area contributed by atoms with Gasteiger partial charge >= 0.3 is 0 Å². The number of rotatable bonds is 7. The maximum atomic E-state index is 12.7. The molecule has 0 aliphatic carbocycles. The van der Waals surface area contributed by atoms with Gasteiger partial charge in [-0.15, -0.1) is 11.3 Å². The first-order valence-corrected chi connectivity index (χ1v) is 12.7. The molecular formula is C18H28BrN3O3S2. The number of sulfonamides is 1. The minimum Gasteiger partial charge on any atom is -0.355 e. The van der Waals surface area contributed by atoms with Gasteiger partial charge in [0.25, 0.3) is 10.0 Å². The quantitative estimate of drug-likeness (QED) is 0.655. The Morgan fingerprint density at radius 3 is 2.52 bits per heavy atom. The second-order valence-electron chi connectivity index (χ2n) is 7.43. The molecule has 3 heterocycles. The monoisotopic (exact) mass is 477 g/mol. The van der Waals surface area contributed by atoms with Crippen molar-refractivity contribution >= 4 is 43.2 Å². The van der Waals surface area contributed by atoms with Crippen LogP contribution in [0.4, 0.5) is 0 Å². The molecule has 2 aliphatic rings. The van der Waals surface area contributed by atoms with Crippen molar-refractivity contribution in [2.24, 2.45) is 11.8 Å². The molecule has 0 aromatic carbocycles. The zero-order chi connectivity index (χ0) is 19.4. The molecule has 152 valence electrons. The van der Waals surface area contributed by atoms with Crippen molar-refractivity contribution in [3.63, 3.8) is 0 Å². The summed E-state index contributed by atoms with van der Waals surface area (Å²) in [5.74, 6) is 0.250. The molecule has 2 saturated heterocycles. The van der Waals surface area contributed by atoms with Gasteiger partial charge in [-0.2, -0.15) is 4.31 Å². The predicted octanol–water partition coefficient (Wildman–Crippen LogP) is 2.76. The molecule has 1 aromatic heterocycles. The summed E-state index contributed by atoms with van der Waals surface area (Å²) in [6, 6.07) is 3.41. The van der Waals surface area contributed by atoms with Crippen LogP contribution in [-0.4, -0.2) is 62.8 Å². The van der Waals surface area contributed by atoms with Gasteiger partial charge in [0.05, 0.1) is 3.79 Å². The number of likely N-dealkylation sites (tertiary alicyclic amines) is 1. The minimum atomic E-state index is -3.42. The standard InChI is InChI=1S/C18H28BrN3O3S2/c1-14(18(23)20-8-13-21-9-2-3-10-21)15-6-11-22(12-7-15)27(24,25)17-5-4-16(19)26-17/h4-5,14-15H,2-3,6-13H2,1H3,(H,20,23)/t14-/m0/s1. The average molecular weight is 478 g/mol. The van der Waals surface area contributed by atoms with Crippen LogP contribution in [0.1, 0.15) is 32.6 Å². The van der Waals surface area contributed by atoms with Crippen LogP contribution in [0.3, 0.4) is 0 Å². The zero-order valence-electron chi connectivity index (χ0n) is 15.7. The maximum Gasteiger partial charge on any atom is 0.252 e. The first kappa shape index (κ1) is 21.2. The van der Waals surface area contributed by atoms with Gasteiger partial charge in [-0.25, -0.2) is 8.42 Å². The van der Waals surface area contributed by atoms with E-state index < -0.39 is 10.0 Å². The van der Waals surface area contributed by atoms with E-state index in [9.17, 15) is 13.2 Å². The highest BCUT2D eigenvalue weighted by Crippen LogP contribution is 2.32. The molecular weight excluding hydrogens is 450 g/mol. The Labute approximate surface area is 174 Å². The van der Waals surface area contributed by atoms with E-state index >= 15 is 0 Å². The number of hydrogen-bond donors (Lipinski definition) is 1. The summed E-state index contributed by atoms with van der Waals surface area (Å²) in [7, 11) is -3.42. The molecule has 2 aliphatic heterocycles. The van der Waals surface area contributed by atoms with Crippen molar-refractivity contribution < 1.29 is 13.2 Å². The lowest BCUT2D eigenvalue weighted by molar-refractivity contribution is -0.126. The molecule has 0 saturated carbocycles. The van der Waals surface area contributed by atoms with Crippen LogP contribution >= 0.6 is 27.3 Å². The Balaban J connectivity index is 1.45. The first-order valence-electron chi connectivity index (χ1n) is 9.63. The van der Waals surface area contributed by atoms with Gasteiger partial charge in [-0.1, -0.05) is 6.92 Å². The summed E-state index contributed by atoms with van der Waals surface area (Å²) >= 11 is 4.56. The fraction of sp³-hybridized carbons (Fsp3) is 0.722. The normalized spacial score (nSPS) is 21.4. The molecule has 6 nitrogen and oxygen atoms in total. The number of carbonyl (C=O) groups excluding carboxylic acids is 1. The van der Waals surface area contributed by atoms with Gasteiger partial charge in [-0.3, -0.25) is 4.79 Å². The highest BCUT2D eigenvalue weighted by molar-refractivity contribution is 9.11. The van der Waals surface area contributed by atoms with Crippen molar-refractivity contribution in [2.45, 2.75) is 36.8 Å². The SMILES string of the molecule is C[C@H](C(=O)NCCN1CCCC1)C1CCN(S(=O)(=O)c2ccc(Br)s2)CC1. The number of nitrogens with zero attached hydrogens (tertiary/aromatic N) is 2. The predicted molar refractivity (Wildman–Crippen MR) is 111 cm³/mol. The maximum absolute atomic E-state index is 12.7. The smallest absolute Gasteiger partial charge is 0.252 e. The summed E-state index contributed by atoms with van der Waals surface area (Å²) in [4.78, 5) is 14.8. The van der Waals surface area contributed by atoms with E-state index in [0.29, 0.717) is 23.8 Å². The van der Waals surface area contributed by atoms with E-state index in [0.717, 1.165) is 36.3 Å². The zero-order valence-corrected chi connectivity index (χ0v) is 18.9. The molecule has 9 heteroatoms. The Kier molecular flexibility index (Phi) is 7.35. The number of piperidine rings is 1. The van der Waals surface area contributed by atoms with E-state index in [1.165, 1.54) is 24.2 Å². The van der Waals surface area contributed by atoms with E-state index in [1.807, 2.05) is 6.92 Å². The average Bonchev–Trinajstić information content (AvgIpc) is 3.33. The molecule has 27 heavy (non-hydrogen) atoms. The highest BCUT2D eigenvalue weighted by Gasteiger charge is 2.34. The fourth-order valence-corrected chi connectivity index (χ4v) is 7.53. The van der Waals surface area contributed by atoms with Crippen LogP contribution in [0, 0.1) is 11.8 Å². The molecule has 3 rings (SSSR count). The topological polar surface area (TPSA) is 69.7 Å². The largest absolute Gasteiger partial charge is 0.355 e. The lowest BCUT2D eigenvalue weighted by Gasteiger charge is -2.33. The van der Waals surface area contributed by atoms with Gasteiger partial charge < -0.3 is 10.2 Å². The summed E-state index contributed by atoms with van der Waals surface area (Å²) in [6.07, 6.45) is 3.97. The summed E-state index contributed by atoms with van der Waals surface area (Å²) < 4.78 is 28.2. The summed E-state index contributed by atoms with van der Waals surface area (Å²) in [6.45, 7) is 6.83. The van der Waals surface area contributed by atoms with Crippen molar-refractivity contribution in [2.75, 3.05) is 39.3 Å². The number of halogens is 1. The van der Waals surface area contributed by atoms with E-state index in [4.69, 9.17) is 0 Å². The Hall–Kier alpha value is -0.480. The number of hydrogen-bond acceptors (Lipinski definition) is 5. The lowest BCUT2D eigenvalue weighted by atomic mass is 9.85. The third-order valence-corrected chi connectivity index (χ3v) is 9.68. The van der Waals surface area contributed by atoms with E-state index in [2.05, 4.69) is 26.1 Å². The van der Waals surface area contributed by atoms with Crippen LogP contribution in [0.2, 0.25) is 0 Å². The van der Waals surface area contributed by atoms with Crippen LogP contribution in [0.5, 0.6) is 0 Å². The second kappa shape index (κ2) is 9.35. The van der Waals surface area contributed by atoms with Crippen molar-refractivity contribution in [3.8, 4) is 0 Å². The molecule has 1 N–H and O–H groups in total. The first-order chi connectivity index (χ1) is 12.9. The Bertz CT molecular complexity index is 739. The lowest BCUT2D eigenvalue weighted by Crippen LogP contribution is -2.43. The Morgan fingerprint density at radius 1 is 1.26 bits per heavy atom. The molecule has 1 amide bonds. The summed E-state index contributed by atoms with van der Waals surface area (Å²) in [5.41, 5.74) is 0. The number of nitrogens with one attached hydrogen (secondary N) is 1. The van der Waals surface area contributed by atoms with Crippen molar-refractivity contribution in [1.82, 2.24) is 14.5 Å². The molecule has 0 bridgehead atoms.